The molecule has 168 valence electrons. The summed E-state index contributed by atoms with van der Waals surface area (Å²) in [4.78, 5) is 13.2. The third kappa shape index (κ3) is 5.15. The number of hydrogen-bond donors (Lipinski definition) is 2. The molecule has 0 saturated carbocycles. The van der Waals surface area contributed by atoms with E-state index in [2.05, 4.69) is 10.0 Å². The molecule has 1 unspecified atom stereocenters. The average Bonchev–Trinajstić information content (AvgIpc) is 2.75. The van der Waals surface area contributed by atoms with Gasteiger partial charge in [0.25, 0.3) is 0 Å². The van der Waals surface area contributed by atoms with Crippen molar-refractivity contribution in [2.75, 3.05) is 25.5 Å². The van der Waals surface area contributed by atoms with Crippen molar-refractivity contribution in [2.24, 2.45) is 5.92 Å². The highest BCUT2D eigenvalue weighted by molar-refractivity contribution is 7.89. The molecular formula is C21H27N3O5S2. The average molecular weight is 466 g/mol. The Bertz CT molecular complexity index is 1180. The van der Waals surface area contributed by atoms with Crippen LogP contribution in [0.1, 0.15) is 24.0 Å². The molecule has 3 rings (SSSR count). The number of anilines is 1. The number of aryl methyl sites for hydroxylation is 2. The van der Waals surface area contributed by atoms with Crippen molar-refractivity contribution < 1.29 is 21.6 Å². The standard InChI is InChI=1S/C21H27N3O5S2/c1-15-6-9-18(10-7-15)31(28,29)24-12-4-5-17(14-24)21(25)23-20-13-19(11-8-16(20)2)30(26,27)22-3/h6-11,13,17,22H,4-5,12,14H2,1-3H3,(H,23,25). The van der Waals surface area contributed by atoms with Crippen molar-refractivity contribution in [2.45, 2.75) is 36.5 Å². The zero-order valence-electron chi connectivity index (χ0n) is 17.8. The van der Waals surface area contributed by atoms with E-state index < -0.39 is 26.0 Å². The topological polar surface area (TPSA) is 113 Å². The molecular weight excluding hydrogens is 438 g/mol. The Morgan fingerprint density at radius 1 is 1.00 bits per heavy atom. The van der Waals surface area contributed by atoms with Crippen LogP contribution in [0.4, 0.5) is 5.69 Å². The van der Waals surface area contributed by atoms with Gasteiger partial charge in [0.05, 0.1) is 15.7 Å². The molecule has 31 heavy (non-hydrogen) atoms. The van der Waals surface area contributed by atoms with Gasteiger partial charge in [0.15, 0.2) is 0 Å². The summed E-state index contributed by atoms with van der Waals surface area (Å²) in [6.45, 7) is 4.08. The van der Waals surface area contributed by atoms with Crippen molar-refractivity contribution in [1.82, 2.24) is 9.03 Å². The van der Waals surface area contributed by atoms with E-state index in [0.29, 0.717) is 30.6 Å². The summed E-state index contributed by atoms with van der Waals surface area (Å²) in [7, 11) is -6.02. The first-order valence-electron chi connectivity index (χ1n) is 9.96. The molecule has 2 N–H and O–H groups in total. The van der Waals surface area contributed by atoms with Crippen LogP contribution in [0.5, 0.6) is 0 Å². The number of sulfonamides is 2. The molecule has 8 nitrogen and oxygen atoms in total. The van der Waals surface area contributed by atoms with Gasteiger partial charge < -0.3 is 5.32 Å². The molecule has 2 aromatic rings. The normalized spacial score (nSPS) is 18.0. The number of benzene rings is 2. The lowest BCUT2D eigenvalue weighted by atomic mass is 9.98. The molecule has 0 spiro atoms. The van der Waals surface area contributed by atoms with Crippen molar-refractivity contribution in [3.05, 3.63) is 53.6 Å². The van der Waals surface area contributed by atoms with Crippen LogP contribution in [0.25, 0.3) is 0 Å². The second-order valence-corrected chi connectivity index (χ2v) is 11.5. The predicted octanol–water partition coefficient (Wildman–Crippen LogP) is 2.25. The van der Waals surface area contributed by atoms with Crippen molar-refractivity contribution in [3.63, 3.8) is 0 Å². The molecule has 1 heterocycles. The SMILES string of the molecule is CNS(=O)(=O)c1ccc(C)c(NC(=O)C2CCCN(S(=O)(=O)c3ccc(C)cc3)C2)c1. The first-order valence-corrected chi connectivity index (χ1v) is 12.9. The highest BCUT2D eigenvalue weighted by Gasteiger charge is 2.33. The summed E-state index contributed by atoms with van der Waals surface area (Å²) in [5.41, 5.74) is 2.07. The van der Waals surface area contributed by atoms with Crippen LogP contribution >= 0.6 is 0 Å². The third-order valence-corrected chi connectivity index (χ3v) is 8.75. The number of nitrogens with one attached hydrogen (secondary N) is 2. The number of carbonyl (C=O) groups is 1. The number of carbonyl (C=O) groups excluding carboxylic acids is 1. The summed E-state index contributed by atoms with van der Waals surface area (Å²) in [5.74, 6) is -0.858. The van der Waals surface area contributed by atoms with E-state index in [4.69, 9.17) is 0 Å². The minimum atomic E-state index is -3.69. The number of nitrogens with zero attached hydrogens (tertiary/aromatic N) is 1. The summed E-state index contributed by atoms with van der Waals surface area (Å²) >= 11 is 0. The Kier molecular flexibility index (Phi) is 6.85. The van der Waals surface area contributed by atoms with Crippen LogP contribution in [0.15, 0.2) is 52.3 Å². The summed E-state index contributed by atoms with van der Waals surface area (Å²) < 4.78 is 53.7. The molecule has 1 fully saturated rings. The fourth-order valence-corrected chi connectivity index (χ4v) is 5.77. The van der Waals surface area contributed by atoms with Gasteiger partial charge >= 0.3 is 0 Å². The molecule has 2 aromatic carbocycles. The Hall–Kier alpha value is -2.27. The zero-order valence-corrected chi connectivity index (χ0v) is 19.4. The quantitative estimate of drug-likeness (QED) is 0.679. The van der Waals surface area contributed by atoms with Gasteiger partial charge in [0.1, 0.15) is 0 Å². The van der Waals surface area contributed by atoms with E-state index in [1.54, 1.807) is 37.3 Å². The number of piperidine rings is 1. The largest absolute Gasteiger partial charge is 0.326 e. The van der Waals surface area contributed by atoms with Gasteiger partial charge in [-0.05, 0) is 63.6 Å². The molecule has 1 aliphatic rings. The third-order valence-electron chi connectivity index (χ3n) is 5.46. The molecule has 0 aromatic heterocycles. The lowest BCUT2D eigenvalue weighted by Gasteiger charge is -2.31. The summed E-state index contributed by atoms with van der Waals surface area (Å²) in [5, 5.41) is 2.78. The molecule has 0 bridgehead atoms. The van der Waals surface area contributed by atoms with Gasteiger partial charge in [0.2, 0.25) is 26.0 Å². The Labute approximate surface area is 183 Å². The molecule has 0 aliphatic carbocycles. The van der Waals surface area contributed by atoms with Crippen LogP contribution < -0.4 is 10.0 Å². The molecule has 1 amide bonds. The van der Waals surface area contributed by atoms with E-state index in [-0.39, 0.29) is 22.2 Å². The number of amides is 1. The molecule has 1 atom stereocenters. The van der Waals surface area contributed by atoms with E-state index >= 15 is 0 Å². The van der Waals surface area contributed by atoms with E-state index in [0.717, 1.165) is 5.56 Å². The highest BCUT2D eigenvalue weighted by Crippen LogP contribution is 2.26. The number of rotatable bonds is 6. The predicted molar refractivity (Wildman–Crippen MR) is 119 cm³/mol. The van der Waals surface area contributed by atoms with Crippen LogP contribution in [0, 0.1) is 19.8 Å². The molecule has 1 saturated heterocycles. The van der Waals surface area contributed by atoms with Gasteiger partial charge in [-0.3, -0.25) is 4.79 Å². The first kappa shape index (κ1) is 23.4. The Morgan fingerprint density at radius 2 is 1.65 bits per heavy atom. The monoisotopic (exact) mass is 465 g/mol. The zero-order chi connectivity index (χ0) is 22.8. The smallest absolute Gasteiger partial charge is 0.243 e. The fourth-order valence-electron chi connectivity index (χ4n) is 3.49. The second-order valence-electron chi connectivity index (χ2n) is 7.69. The van der Waals surface area contributed by atoms with Gasteiger partial charge in [-0.2, -0.15) is 4.31 Å². The minimum Gasteiger partial charge on any atom is -0.326 e. The minimum absolute atomic E-state index is 0.0446. The fraction of sp³-hybridized carbons (Fsp3) is 0.381. The number of hydrogen-bond acceptors (Lipinski definition) is 5. The van der Waals surface area contributed by atoms with Crippen LogP contribution in [0.3, 0.4) is 0 Å². The maximum atomic E-state index is 13.0. The Balaban J connectivity index is 1.77. The molecule has 1 aliphatic heterocycles. The van der Waals surface area contributed by atoms with E-state index in [1.807, 2.05) is 6.92 Å². The van der Waals surface area contributed by atoms with Crippen molar-refractivity contribution in [3.8, 4) is 0 Å². The first-order chi connectivity index (χ1) is 14.5. The molecule has 10 heteroatoms. The van der Waals surface area contributed by atoms with Crippen molar-refractivity contribution >= 4 is 31.6 Å². The maximum absolute atomic E-state index is 13.0. The van der Waals surface area contributed by atoms with E-state index in [1.165, 1.54) is 23.5 Å². The second kappa shape index (κ2) is 9.07. The summed E-state index contributed by atoms with van der Waals surface area (Å²) in [6, 6.07) is 11.1. The van der Waals surface area contributed by atoms with Crippen LogP contribution in [0.2, 0.25) is 0 Å². The van der Waals surface area contributed by atoms with Crippen molar-refractivity contribution in [1.29, 1.82) is 0 Å². The van der Waals surface area contributed by atoms with Crippen LogP contribution in [-0.4, -0.2) is 47.2 Å². The van der Waals surface area contributed by atoms with Gasteiger partial charge in [0, 0.05) is 18.8 Å². The lowest BCUT2D eigenvalue weighted by molar-refractivity contribution is -0.120. The molecule has 0 radical (unpaired) electrons. The van der Waals surface area contributed by atoms with Crippen LogP contribution in [-0.2, 0) is 24.8 Å². The van der Waals surface area contributed by atoms with E-state index in [9.17, 15) is 21.6 Å². The Morgan fingerprint density at radius 3 is 2.29 bits per heavy atom. The maximum Gasteiger partial charge on any atom is 0.243 e. The summed E-state index contributed by atoms with van der Waals surface area (Å²) in [6.07, 6.45) is 1.12. The highest BCUT2D eigenvalue weighted by atomic mass is 32.2. The van der Waals surface area contributed by atoms with Gasteiger partial charge in [-0.1, -0.05) is 23.8 Å². The van der Waals surface area contributed by atoms with Gasteiger partial charge in [-0.15, -0.1) is 0 Å². The van der Waals surface area contributed by atoms with Gasteiger partial charge in [-0.25, -0.2) is 21.6 Å². The lowest BCUT2D eigenvalue weighted by Crippen LogP contribution is -2.43.